The zero-order valence-corrected chi connectivity index (χ0v) is 17.1. The van der Waals surface area contributed by atoms with Crippen LogP contribution in [0.3, 0.4) is 0 Å². The molecule has 1 amide bonds. The smallest absolute Gasteiger partial charge is 0.222 e. The van der Waals surface area contributed by atoms with Gasteiger partial charge in [-0.25, -0.2) is 0 Å². The molecule has 0 aliphatic carbocycles. The number of carbonyl (C=O) groups is 2. The second-order valence-electron chi connectivity index (χ2n) is 8.69. The molecule has 1 aliphatic rings. The van der Waals surface area contributed by atoms with Crippen molar-refractivity contribution < 1.29 is 9.59 Å². The van der Waals surface area contributed by atoms with Gasteiger partial charge in [0.15, 0.2) is 5.78 Å². The number of Topliss-reactive ketones (excluding diaryl/α,β-unsaturated/α-hetero) is 1. The number of aryl methyl sites for hydroxylation is 1. The highest BCUT2D eigenvalue weighted by Crippen LogP contribution is 2.25. The predicted molar refractivity (Wildman–Crippen MR) is 111 cm³/mol. The van der Waals surface area contributed by atoms with Crippen LogP contribution in [0.5, 0.6) is 0 Å². The van der Waals surface area contributed by atoms with Crippen molar-refractivity contribution in [2.75, 3.05) is 13.1 Å². The minimum atomic E-state index is -0.104. The average molecular weight is 379 g/mol. The van der Waals surface area contributed by atoms with Crippen LogP contribution in [0, 0.1) is 5.92 Å². The molecule has 28 heavy (non-hydrogen) atoms. The third-order valence-electron chi connectivity index (χ3n) is 5.50. The number of hydrogen-bond acceptors (Lipinski definition) is 3. The van der Waals surface area contributed by atoms with E-state index in [1.165, 1.54) is 5.56 Å². The van der Waals surface area contributed by atoms with E-state index in [9.17, 15) is 9.59 Å². The number of benzene rings is 1. The first-order valence-electron chi connectivity index (χ1n) is 10.2. The first kappa shape index (κ1) is 20.2. The fourth-order valence-corrected chi connectivity index (χ4v) is 3.73. The maximum absolute atomic E-state index is 13.0. The molecule has 1 saturated heterocycles. The lowest BCUT2D eigenvalue weighted by Gasteiger charge is -2.32. The van der Waals surface area contributed by atoms with Crippen LogP contribution < -0.4 is 0 Å². The Morgan fingerprint density at radius 2 is 1.86 bits per heavy atom. The molecule has 0 spiro atoms. The number of nitrogens with zero attached hydrogens (tertiary/aromatic N) is 2. The van der Waals surface area contributed by atoms with Crippen LogP contribution in [0.25, 0.3) is 0 Å². The number of carbonyl (C=O) groups excluding carboxylic acids is 2. The van der Waals surface area contributed by atoms with Crippen molar-refractivity contribution in [2.45, 2.75) is 51.9 Å². The molecule has 0 N–H and O–H groups in total. The highest BCUT2D eigenvalue weighted by molar-refractivity contribution is 5.98. The first-order chi connectivity index (χ1) is 13.3. The van der Waals surface area contributed by atoms with Crippen LogP contribution in [0.2, 0.25) is 0 Å². The van der Waals surface area contributed by atoms with E-state index in [2.05, 4.69) is 25.8 Å². The summed E-state index contributed by atoms with van der Waals surface area (Å²) in [4.78, 5) is 31.7. The van der Waals surface area contributed by atoms with Crippen molar-refractivity contribution in [3.8, 4) is 0 Å². The molecule has 4 nitrogen and oxygen atoms in total. The molecule has 1 aliphatic heterocycles. The molecule has 1 aromatic heterocycles. The fourth-order valence-electron chi connectivity index (χ4n) is 3.73. The van der Waals surface area contributed by atoms with Crippen molar-refractivity contribution in [3.63, 3.8) is 0 Å². The summed E-state index contributed by atoms with van der Waals surface area (Å²) in [5, 5.41) is 0. The normalized spacial score (nSPS) is 17.4. The Kier molecular flexibility index (Phi) is 6.28. The molecule has 0 saturated carbocycles. The van der Waals surface area contributed by atoms with Gasteiger partial charge in [-0.05, 0) is 42.4 Å². The summed E-state index contributed by atoms with van der Waals surface area (Å²) >= 11 is 0. The van der Waals surface area contributed by atoms with Gasteiger partial charge in [-0.3, -0.25) is 14.6 Å². The SMILES string of the molecule is CC(C)(C)c1ccc(C(=O)C2CCCN(C(=O)CCc3ccccn3)C2)cc1. The molecule has 1 atom stereocenters. The molecule has 4 heteroatoms. The largest absolute Gasteiger partial charge is 0.342 e. The zero-order valence-electron chi connectivity index (χ0n) is 17.1. The number of hydrogen-bond donors (Lipinski definition) is 0. The van der Waals surface area contributed by atoms with E-state index in [1.807, 2.05) is 47.4 Å². The quantitative estimate of drug-likeness (QED) is 0.723. The predicted octanol–water partition coefficient (Wildman–Crippen LogP) is 4.43. The van der Waals surface area contributed by atoms with Gasteiger partial charge in [-0.2, -0.15) is 0 Å². The molecule has 0 radical (unpaired) electrons. The van der Waals surface area contributed by atoms with Crippen molar-refractivity contribution in [1.82, 2.24) is 9.88 Å². The number of rotatable bonds is 5. The van der Waals surface area contributed by atoms with Crippen molar-refractivity contribution >= 4 is 11.7 Å². The molecule has 1 fully saturated rings. The van der Waals surface area contributed by atoms with Crippen LogP contribution in [0.1, 0.15) is 61.6 Å². The minimum absolute atomic E-state index is 0.0727. The Bertz CT molecular complexity index is 807. The molecule has 3 rings (SSSR count). The third kappa shape index (κ3) is 5.06. The molecule has 2 heterocycles. The van der Waals surface area contributed by atoms with E-state index in [1.54, 1.807) is 6.20 Å². The Morgan fingerprint density at radius 1 is 1.11 bits per heavy atom. The Labute approximate surface area is 168 Å². The average Bonchev–Trinajstić information content (AvgIpc) is 2.72. The number of piperidine rings is 1. The lowest BCUT2D eigenvalue weighted by atomic mass is 9.85. The van der Waals surface area contributed by atoms with Gasteiger partial charge in [-0.15, -0.1) is 0 Å². The summed E-state index contributed by atoms with van der Waals surface area (Å²) in [5.74, 6) is 0.168. The van der Waals surface area contributed by atoms with E-state index < -0.39 is 0 Å². The van der Waals surface area contributed by atoms with Gasteiger partial charge in [-0.1, -0.05) is 51.1 Å². The van der Waals surface area contributed by atoms with Crippen molar-refractivity contribution in [2.24, 2.45) is 5.92 Å². The summed E-state index contributed by atoms with van der Waals surface area (Å²) in [6, 6.07) is 13.7. The maximum Gasteiger partial charge on any atom is 0.222 e. The Morgan fingerprint density at radius 3 is 2.50 bits per heavy atom. The zero-order chi connectivity index (χ0) is 20.1. The van der Waals surface area contributed by atoms with Gasteiger partial charge in [0.2, 0.25) is 5.91 Å². The highest BCUT2D eigenvalue weighted by atomic mass is 16.2. The van der Waals surface area contributed by atoms with E-state index in [0.29, 0.717) is 19.4 Å². The van der Waals surface area contributed by atoms with E-state index in [-0.39, 0.29) is 23.0 Å². The number of likely N-dealkylation sites (tertiary alicyclic amines) is 1. The third-order valence-corrected chi connectivity index (χ3v) is 5.50. The van der Waals surface area contributed by atoms with Gasteiger partial charge in [0.05, 0.1) is 0 Å². The maximum atomic E-state index is 13.0. The van der Waals surface area contributed by atoms with Gasteiger partial charge >= 0.3 is 0 Å². The summed E-state index contributed by atoms with van der Waals surface area (Å²) in [6.07, 6.45) is 4.57. The van der Waals surface area contributed by atoms with Gasteiger partial charge < -0.3 is 4.90 Å². The Hall–Kier alpha value is -2.49. The minimum Gasteiger partial charge on any atom is -0.342 e. The second kappa shape index (κ2) is 8.68. The standard InChI is InChI=1S/C24H30N2O2/c1-24(2,3)20-11-9-18(10-12-20)23(28)19-7-6-16-26(17-19)22(27)14-13-21-8-4-5-15-25-21/h4-5,8-12,15,19H,6-7,13-14,16-17H2,1-3H3. The van der Waals surface area contributed by atoms with Crippen LogP contribution in [-0.2, 0) is 16.6 Å². The van der Waals surface area contributed by atoms with Crippen LogP contribution in [0.15, 0.2) is 48.7 Å². The molecular formula is C24H30N2O2. The molecule has 1 unspecified atom stereocenters. The Balaban J connectivity index is 1.59. The number of aromatic nitrogens is 1. The summed E-state index contributed by atoms with van der Waals surface area (Å²) < 4.78 is 0. The summed E-state index contributed by atoms with van der Waals surface area (Å²) in [6.45, 7) is 7.77. The molecular weight excluding hydrogens is 348 g/mol. The lowest BCUT2D eigenvalue weighted by molar-refractivity contribution is -0.132. The summed E-state index contributed by atoms with van der Waals surface area (Å²) in [7, 11) is 0. The van der Waals surface area contributed by atoms with Gasteiger partial charge in [0.25, 0.3) is 0 Å². The molecule has 0 bridgehead atoms. The van der Waals surface area contributed by atoms with E-state index >= 15 is 0 Å². The van der Waals surface area contributed by atoms with Crippen molar-refractivity contribution in [3.05, 3.63) is 65.5 Å². The van der Waals surface area contributed by atoms with Crippen LogP contribution in [0.4, 0.5) is 0 Å². The molecule has 1 aromatic carbocycles. The topological polar surface area (TPSA) is 50.3 Å². The molecule has 2 aromatic rings. The van der Waals surface area contributed by atoms with Gasteiger partial charge in [0.1, 0.15) is 0 Å². The monoisotopic (exact) mass is 378 g/mol. The van der Waals surface area contributed by atoms with Crippen LogP contribution >= 0.6 is 0 Å². The van der Waals surface area contributed by atoms with E-state index in [4.69, 9.17) is 0 Å². The highest BCUT2D eigenvalue weighted by Gasteiger charge is 2.29. The van der Waals surface area contributed by atoms with Crippen LogP contribution in [-0.4, -0.2) is 34.7 Å². The number of pyridine rings is 1. The fraction of sp³-hybridized carbons (Fsp3) is 0.458. The van der Waals surface area contributed by atoms with E-state index in [0.717, 1.165) is 30.6 Å². The van der Waals surface area contributed by atoms with Gasteiger partial charge in [0, 0.05) is 42.9 Å². The number of amides is 1. The number of ketones is 1. The first-order valence-corrected chi connectivity index (χ1v) is 10.2. The summed E-state index contributed by atoms with van der Waals surface area (Å²) in [5.41, 5.74) is 2.97. The van der Waals surface area contributed by atoms with Crippen molar-refractivity contribution in [1.29, 1.82) is 0 Å². The lowest BCUT2D eigenvalue weighted by Crippen LogP contribution is -2.42. The second-order valence-corrected chi connectivity index (χ2v) is 8.69. The molecule has 148 valence electrons.